The van der Waals surface area contributed by atoms with Gasteiger partial charge in [0.1, 0.15) is 0 Å². The Morgan fingerprint density at radius 1 is 1.00 bits per heavy atom. The van der Waals surface area contributed by atoms with Crippen molar-refractivity contribution in [1.29, 1.82) is 0 Å². The maximum Gasteiger partial charge on any atom is 0.0178 e. The maximum absolute atomic E-state index is 2.33. The van der Waals surface area contributed by atoms with Gasteiger partial charge in [0, 0.05) is 4.43 Å². The molecule has 1 heteroatoms. The molecule has 0 aromatic rings. The fourth-order valence-corrected chi connectivity index (χ4v) is 1.05. The number of alkyl halides is 1. The first kappa shape index (κ1) is 11.9. The molecule has 0 aromatic heterocycles. The number of unbranched alkanes of at least 4 members (excludes halogenated alkanes) is 2. The molecule has 0 radical (unpaired) electrons. The van der Waals surface area contributed by atoms with Crippen LogP contribution in [-0.4, -0.2) is 4.43 Å². The summed E-state index contributed by atoms with van der Waals surface area (Å²) in [5.41, 5.74) is 0. The zero-order valence-electron chi connectivity index (χ0n) is 7.67. The van der Waals surface area contributed by atoms with Crippen molar-refractivity contribution < 1.29 is 0 Å². The van der Waals surface area contributed by atoms with Crippen molar-refractivity contribution in [2.24, 2.45) is 0 Å². The minimum Gasteiger partial charge on any atom is -0.0845 e. The molecular formula is C11H17I. The van der Waals surface area contributed by atoms with Crippen molar-refractivity contribution in [3.63, 3.8) is 0 Å². The molecule has 68 valence electrons. The van der Waals surface area contributed by atoms with Gasteiger partial charge in [-0.15, -0.1) is 0 Å². The Labute approximate surface area is 89.6 Å². The predicted octanol–water partition coefficient (Wildman–Crippen LogP) is 4.28. The Morgan fingerprint density at radius 2 is 1.67 bits per heavy atom. The highest BCUT2D eigenvalue weighted by atomic mass is 127. The Morgan fingerprint density at radius 3 is 2.25 bits per heavy atom. The summed E-state index contributed by atoms with van der Waals surface area (Å²) in [7, 11) is 0. The van der Waals surface area contributed by atoms with Crippen LogP contribution in [0.5, 0.6) is 0 Å². The fourth-order valence-electron chi connectivity index (χ4n) is 0.755. The highest BCUT2D eigenvalue weighted by Crippen LogP contribution is 1.94. The molecule has 0 heterocycles. The first-order valence-electron chi connectivity index (χ1n) is 4.46. The second-order valence-electron chi connectivity index (χ2n) is 2.54. The van der Waals surface area contributed by atoms with E-state index in [0.29, 0.717) is 0 Å². The van der Waals surface area contributed by atoms with E-state index in [2.05, 4.69) is 66.0 Å². The van der Waals surface area contributed by atoms with E-state index in [-0.39, 0.29) is 0 Å². The first-order chi connectivity index (χ1) is 5.91. The third kappa shape index (κ3) is 9.95. The smallest absolute Gasteiger partial charge is 0.0178 e. The van der Waals surface area contributed by atoms with Crippen LogP contribution < -0.4 is 0 Å². The zero-order valence-corrected chi connectivity index (χ0v) is 9.83. The summed E-state index contributed by atoms with van der Waals surface area (Å²) < 4.78 is 1.08. The molecule has 0 saturated heterocycles. The van der Waals surface area contributed by atoms with Crippen LogP contribution >= 0.6 is 22.6 Å². The van der Waals surface area contributed by atoms with Gasteiger partial charge in [0.25, 0.3) is 0 Å². The molecule has 0 fully saturated rings. The van der Waals surface area contributed by atoms with Gasteiger partial charge in [-0.3, -0.25) is 0 Å². The largest absolute Gasteiger partial charge is 0.0845 e. The van der Waals surface area contributed by atoms with Crippen LogP contribution in [0.15, 0.2) is 36.5 Å². The number of hydrogen-bond donors (Lipinski definition) is 0. The van der Waals surface area contributed by atoms with Gasteiger partial charge >= 0.3 is 0 Å². The van der Waals surface area contributed by atoms with Crippen LogP contribution in [0.25, 0.3) is 0 Å². The number of halogens is 1. The SMILES string of the molecule is CCCC/C=C/C=C/C=C/CI. The summed E-state index contributed by atoms with van der Waals surface area (Å²) in [5.74, 6) is 0. The highest BCUT2D eigenvalue weighted by molar-refractivity contribution is 14.1. The van der Waals surface area contributed by atoms with E-state index < -0.39 is 0 Å². The summed E-state index contributed by atoms with van der Waals surface area (Å²) in [6, 6.07) is 0. The Balaban J connectivity index is 3.32. The minimum atomic E-state index is 1.08. The zero-order chi connectivity index (χ0) is 9.07. The van der Waals surface area contributed by atoms with Gasteiger partial charge in [-0.05, 0) is 6.42 Å². The summed E-state index contributed by atoms with van der Waals surface area (Å²) in [6.07, 6.45) is 16.5. The third-order valence-electron chi connectivity index (χ3n) is 1.42. The standard InChI is InChI=1S/C11H17I/c1-2-3-4-5-6-7-8-9-10-11-12/h5-10H,2-4,11H2,1H3/b6-5+,8-7+,10-9+. The molecule has 0 aromatic carbocycles. The van der Waals surface area contributed by atoms with Gasteiger partial charge in [-0.2, -0.15) is 0 Å². The Kier molecular flexibility index (Phi) is 10.9. The number of hydrogen-bond acceptors (Lipinski definition) is 0. The maximum atomic E-state index is 2.33. The molecule has 0 aliphatic heterocycles. The van der Waals surface area contributed by atoms with Crippen molar-refractivity contribution in [2.75, 3.05) is 4.43 Å². The van der Waals surface area contributed by atoms with E-state index in [1.165, 1.54) is 19.3 Å². The fraction of sp³-hybridized carbons (Fsp3) is 0.455. The highest BCUT2D eigenvalue weighted by Gasteiger charge is 1.74. The minimum absolute atomic E-state index is 1.08. The molecule has 0 unspecified atom stereocenters. The van der Waals surface area contributed by atoms with E-state index in [9.17, 15) is 0 Å². The molecule has 0 amide bonds. The molecule has 0 N–H and O–H groups in total. The summed E-state index contributed by atoms with van der Waals surface area (Å²) in [5, 5.41) is 0. The van der Waals surface area contributed by atoms with Gasteiger partial charge in [0.2, 0.25) is 0 Å². The van der Waals surface area contributed by atoms with Crippen LogP contribution in [0.3, 0.4) is 0 Å². The van der Waals surface area contributed by atoms with E-state index in [4.69, 9.17) is 0 Å². The number of allylic oxidation sites excluding steroid dienone is 6. The van der Waals surface area contributed by atoms with Crippen molar-refractivity contribution in [3.05, 3.63) is 36.5 Å². The Bertz CT molecular complexity index is 154. The second-order valence-corrected chi connectivity index (χ2v) is 3.42. The predicted molar refractivity (Wildman–Crippen MR) is 65.8 cm³/mol. The second kappa shape index (κ2) is 11.0. The van der Waals surface area contributed by atoms with Crippen LogP contribution in [0.4, 0.5) is 0 Å². The lowest BCUT2D eigenvalue weighted by Gasteiger charge is -1.84. The molecular weight excluding hydrogens is 259 g/mol. The molecule has 0 atom stereocenters. The van der Waals surface area contributed by atoms with Crippen molar-refractivity contribution >= 4 is 22.6 Å². The quantitative estimate of drug-likeness (QED) is 0.294. The lowest BCUT2D eigenvalue weighted by atomic mass is 10.2. The average molecular weight is 276 g/mol. The van der Waals surface area contributed by atoms with E-state index in [1.54, 1.807) is 0 Å². The summed E-state index contributed by atoms with van der Waals surface area (Å²) >= 11 is 2.33. The van der Waals surface area contributed by atoms with Crippen LogP contribution in [0.1, 0.15) is 26.2 Å². The Hall–Kier alpha value is -0.0500. The molecule has 0 saturated carbocycles. The van der Waals surface area contributed by atoms with Gasteiger partial charge in [0.05, 0.1) is 0 Å². The molecule has 0 nitrogen and oxygen atoms in total. The lowest BCUT2D eigenvalue weighted by molar-refractivity contribution is 0.815. The van der Waals surface area contributed by atoms with Crippen LogP contribution in [0, 0.1) is 0 Å². The molecule has 0 bridgehead atoms. The summed E-state index contributed by atoms with van der Waals surface area (Å²) in [4.78, 5) is 0. The summed E-state index contributed by atoms with van der Waals surface area (Å²) in [6.45, 7) is 2.22. The van der Waals surface area contributed by atoms with E-state index in [1.807, 2.05) is 0 Å². The molecule has 0 spiro atoms. The van der Waals surface area contributed by atoms with Crippen LogP contribution in [-0.2, 0) is 0 Å². The number of rotatable bonds is 6. The van der Waals surface area contributed by atoms with Gasteiger partial charge in [0.15, 0.2) is 0 Å². The van der Waals surface area contributed by atoms with E-state index >= 15 is 0 Å². The first-order valence-corrected chi connectivity index (χ1v) is 5.98. The topological polar surface area (TPSA) is 0 Å². The monoisotopic (exact) mass is 276 g/mol. The normalized spacial score (nSPS) is 12.5. The van der Waals surface area contributed by atoms with E-state index in [0.717, 1.165) is 4.43 Å². The molecule has 0 aliphatic rings. The average Bonchev–Trinajstić information content (AvgIpc) is 2.10. The van der Waals surface area contributed by atoms with Gasteiger partial charge < -0.3 is 0 Å². The van der Waals surface area contributed by atoms with Crippen molar-refractivity contribution in [3.8, 4) is 0 Å². The molecule has 0 aliphatic carbocycles. The molecule has 0 rings (SSSR count). The molecule has 12 heavy (non-hydrogen) atoms. The lowest BCUT2D eigenvalue weighted by Crippen LogP contribution is -1.64. The van der Waals surface area contributed by atoms with Gasteiger partial charge in [-0.1, -0.05) is 78.8 Å². The van der Waals surface area contributed by atoms with Gasteiger partial charge in [-0.25, -0.2) is 0 Å². The van der Waals surface area contributed by atoms with Crippen LogP contribution in [0.2, 0.25) is 0 Å². The van der Waals surface area contributed by atoms with Crippen molar-refractivity contribution in [1.82, 2.24) is 0 Å². The van der Waals surface area contributed by atoms with Crippen molar-refractivity contribution in [2.45, 2.75) is 26.2 Å². The third-order valence-corrected chi connectivity index (χ3v) is 1.93.